The van der Waals surface area contributed by atoms with Gasteiger partial charge in [0.1, 0.15) is 0 Å². The van der Waals surface area contributed by atoms with Crippen LogP contribution in [0.15, 0.2) is 60.8 Å². The molecule has 6 heteroatoms. The summed E-state index contributed by atoms with van der Waals surface area (Å²) >= 11 is 0. The molecule has 420 valence electrons. The third-order valence-corrected chi connectivity index (χ3v) is 14.3. The third kappa shape index (κ3) is 56.8. The van der Waals surface area contributed by atoms with Crippen LogP contribution in [0, 0.1) is 0 Å². The summed E-state index contributed by atoms with van der Waals surface area (Å²) in [5, 5.41) is 23.2. The van der Waals surface area contributed by atoms with E-state index in [1.54, 1.807) is 6.08 Å². The van der Waals surface area contributed by atoms with Gasteiger partial charge in [0.25, 0.3) is 0 Å². The molecule has 0 saturated heterocycles. The number of amides is 1. The van der Waals surface area contributed by atoms with Crippen molar-refractivity contribution in [3.05, 3.63) is 60.8 Å². The summed E-state index contributed by atoms with van der Waals surface area (Å²) in [6, 6.07) is -0.634. The van der Waals surface area contributed by atoms with E-state index in [-0.39, 0.29) is 18.5 Å². The van der Waals surface area contributed by atoms with Crippen molar-refractivity contribution in [3.63, 3.8) is 0 Å². The number of hydrogen-bond acceptors (Lipinski definition) is 5. The van der Waals surface area contributed by atoms with Crippen molar-refractivity contribution in [2.24, 2.45) is 0 Å². The monoisotopic (exact) mass is 1010 g/mol. The second-order valence-electron chi connectivity index (χ2n) is 21.4. The number of unbranched alkanes of at least 4 members (excludes halogenated alkanes) is 39. The molecule has 2 atom stereocenters. The van der Waals surface area contributed by atoms with Crippen LogP contribution in [0.3, 0.4) is 0 Å². The molecule has 72 heavy (non-hydrogen) atoms. The predicted molar refractivity (Wildman–Crippen MR) is 315 cm³/mol. The molecule has 0 aromatic carbocycles. The van der Waals surface area contributed by atoms with Gasteiger partial charge in [-0.2, -0.15) is 0 Å². The molecular weight excluding hydrogens is 887 g/mol. The average Bonchev–Trinajstić information content (AvgIpc) is 3.38. The van der Waals surface area contributed by atoms with Gasteiger partial charge in [0.15, 0.2) is 0 Å². The highest BCUT2D eigenvalue weighted by Crippen LogP contribution is 2.17. The summed E-state index contributed by atoms with van der Waals surface area (Å²) in [4.78, 5) is 24.5. The number of carbonyl (C=O) groups excluding carboxylic acids is 2. The van der Waals surface area contributed by atoms with E-state index in [9.17, 15) is 19.8 Å². The first-order valence-electron chi connectivity index (χ1n) is 31.6. The van der Waals surface area contributed by atoms with Crippen molar-refractivity contribution in [2.75, 3.05) is 13.2 Å². The molecule has 0 aliphatic rings. The number of aliphatic hydroxyl groups is 2. The highest BCUT2D eigenvalue weighted by atomic mass is 16.5. The van der Waals surface area contributed by atoms with Gasteiger partial charge in [0, 0.05) is 12.8 Å². The number of ether oxygens (including phenoxy) is 1. The molecule has 0 aromatic heterocycles. The van der Waals surface area contributed by atoms with E-state index in [0.717, 1.165) is 64.2 Å². The lowest BCUT2D eigenvalue weighted by Gasteiger charge is -2.20. The van der Waals surface area contributed by atoms with Gasteiger partial charge in [-0.1, -0.05) is 293 Å². The molecule has 6 nitrogen and oxygen atoms in total. The molecule has 0 aliphatic heterocycles. The van der Waals surface area contributed by atoms with Crippen LogP contribution in [0.2, 0.25) is 0 Å². The SMILES string of the molecule is CCCC/C=C\C/C=C\CCCCCCCC(=O)OCC/C=C\C/C=C\CCCCCCCCCCCCCCCCC(=O)NC(CO)C(O)/C=C/CCCCCCCCCCCCCCCCCCCC. The molecule has 2 unspecified atom stereocenters. The van der Waals surface area contributed by atoms with E-state index in [1.165, 1.54) is 231 Å². The Kier molecular flexibility index (Phi) is 59.0. The number of allylic oxidation sites excluding steroid dienone is 8. The molecule has 3 N–H and O–H groups in total. The van der Waals surface area contributed by atoms with Crippen molar-refractivity contribution >= 4 is 11.9 Å². The van der Waals surface area contributed by atoms with Crippen LogP contribution in [0.4, 0.5) is 0 Å². The minimum atomic E-state index is -0.850. The zero-order valence-electron chi connectivity index (χ0n) is 47.9. The van der Waals surface area contributed by atoms with E-state index < -0.39 is 12.1 Å². The summed E-state index contributed by atoms with van der Waals surface area (Å²) in [6.45, 7) is 4.76. The summed E-state index contributed by atoms with van der Waals surface area (Å²) in [7, 11) is 0. The molecule has 0 fully saturated rings. The second kappa shape index (κ2) is 61.1. The van der Waals surface area contributed by atoms with Crippen LogP contribution in [0.5, 0.6) is 0 Å². The van der Waals surface area contributed by atoms with Crippen molar-refractivity contribution in [2.45, 2.75) is 334 Å². The fraction of sp³-hybridized carbons (Fsp3) is 0.818. The van der Waals surface area contributed by atoms with Gasteiger partial charge in [0.05, 0.1) is 25.4 Å². The Hall–Kier alpha value is -2.44. The largest absolute Gasteiger partial charge is 0.465 e. The van der Waals surface area contributed by atoms with Gasteiger partial charge >= 0.3 is 5.97 Å². The molecule has 0 aromatic rings. The molecule has 0 bridgehead atoms. The standard InChI is InChI=1S/C66H121NO5/c1-3-5-7-9-11-13-15-17-19-20-21-25-28-31-34-38-42-46-50-54-58-64(69)63(62-68)67-65(70)59-55-51-47-43-39-35-32-29-26-23-22-24-27-30-33-37-41-45-49-53-57-61-72-66(71)60-56-52-48-44-40-36-18-16-14-12-10-8-6-4-2/h10,12,16,18,37,41,49,53-54,58,63-64,68-69H,3-9,11,13-15,17,19-36,38-40,42-48,50-52,55-57,59-62H2,1-2H3,(H,67,70)/b12-10-,18-16-,41-37-,53-49-,58-54+. The fourth-order valence-electron chi connectivity index (χ4n) is 9.43. The number of hydrogen-bond donors (Lipinski definition) is 3. The van der Waals surface area contributed by atoms with E-state index in [1.807, 2.05) is 6.08 Å². The van der Waals surface area contributed by atoms with Gasteiger partial charge in [-0.3, -0.25) is 9.59 Å². The van der Waals surface area contributed by atoms with Gasteiger partial charge in [0.2, 0.25) is 5.91 Å². The van der Waals surface area contributed by atoms with Crippen LogP contribution in [0.25, 0.3) is 0 Å². The molecule has 0 spiro atoms. The summed E-state index contributed by atoms with van der Waals surface area (Å²) in [5.41, 5.74) is 0. The second-order valence-corrected chi connectivity index (χ2v) is 21.4. The topological polar surface area (TPSA) is 95.9 Å². The van der Waals surface area contributed by atoms with E-state index in [4.69, 9.17) is 4.74 Å². The summed E-state index contributed by atoms with van der Waals surface area (Å²) in [6.07, 6.45) is 79.9. The predicted octanol–water partition coefficient (Wildman–Crippen LogP) is 19.9. The zero-order valence-corrected chi connectivity index (χ0v) is 47.9. The van der Waals surface area contributed by atoms with E-state index in [2.05, 4.69) is 67.8 Å². The van der Waals surface area contributed by atoms with Crippen LogP contribution in [-0.4, -0.2) is 47.4 Å². The minimum absolute atomic E-state index is 0.0509. The van der Waals surface area contributed by atoms with Crippen LogP contribution in [0.1, 0.15) is 322 Å². The first-order chi connectivity index (χ1) is 35.5. The maximum absolute atomic E-state index is 12.5. The lowest BCUT2D eigenvalue weighted by atomic mass is 10.0. The number of aliphatic hydroxyl groups excluding tert-OH is 2. The van der Waals surface area contributed by atoms with Crippen molar-refractivity contribution in [3.8, 4) is 0 Å². The number of esters is 1. The lowest BCUT2D eigenvalue weighted by Crippen LogP contribution is -2.45. The Labute approximate surface area is 448 Å². The van der Waals surface area contributed by atoms with E-state index in [0.29, 0.717) is 19.4 Å². The van der Waals surface area contributed by atoms with Gasteiger partial charge < -0.3 is 20.3 Å². The Morgan fingerprint density at radius 3 is 1.10 bits per heavy atom. The highest BCUT2D eigenvalue weighted by molar-refractivity contribution is 5.76. The maximum atomic E-state index is 12.5. The number of carbonyl (C=O) groups is 2. The summed E-state index contributed by atoms with van der Waals surface area (Å²) in [5.74, 6) is -0.122. The zero-order chi connectivity index (χ0) is 52.2. The van der Waals surface area contributed by atoms with Gasteiger partial charge in [-0.15, -0.1) is 0 Å². The molecular formula is C66H121NO5. The van der Waals surface area contributed by atoms with E-state index >= 15 is 0 Å². The van der Waals surface area contributed by atoms with Crippen LogP contribution < -0.4 is 5.32 Å². The van der Waals surface area contributed by atoms with Crippen molar-refractivity contribution < 1.29 is 24.5 Å². The quantitative estimate of drug-likeness (QED) is 0.0320. The maximum Gasteiger partial charge on any atom is 0.305 e. The first-order valence-corrected chi connectivity index (χ1v) is 31.6. The Morgan fingerprint density at radius 1 is 0.389 bits per heavy atom. The van der Waals surface area contributed by atoms with Crippen molar-refractivity contribution in [1.82, 2.24) is 5.32 Å². The lowest BCUT2D eigenvalue weighted by molar-refractivity contribution is -0.143. The van der Waals surface area contributed by atoms with Crippen LogP contribution in [-0.2, 0) is 14.3 Å². The molecule has 0 heterocycles. The average molecular weight is 1010 g/mol. The van der Waals surface area contributed by atoms with Crippen molar-refractivity contribution in [1.29, 1.82) is 0 Å². The normalized spacial score (nSPS) is 13.0. The molecule has 1 amide bonds. The first kappa shape index (κ1) is 69.6. The number of nitrogens with one attached hydrogen (secondary N) is 1. The Morgan fingerprint density at radius 2 is 0.708 bits per heavy atom. The summed E-state index contributed by atoms with van der Waals surface area (Å²) < 4.78 is 5.40. The highest BCUT2D eigenvalue weighted by Gasteiger charge is 2.18. The fourth-order valence-corrected chi connectivity index (χ4v) is 9.43. The molecule has 0 saturated carbocycles. The van der Waals surface area contributed by atoms with Crippen LogP contribution >= 0.6 is 0 Å². The Balaban J connectivity index is 3.50. The van der Waals surface area contributed by atoms with Gasteiger partial charge in [-0.05, 0) is 77.0 Å². The molecule has 0 rings (SSSR count). The molecule has 0 radical (unpaired) electrons. The minimum Gasteiger partial charge on any atom is -0.465 e. The third-order valence-electron chi connectivity index (χ3n) is 14.3. The van der Waals surface area contributed by atoms with Gasteiger partial charge in [-0.25, -0.2) is 0 Å². The smallest absolute Gasteiger partial charge is 0.305 e. The molecule has 0 aliphatic carbocycles. The Bertz CT molecular complexity index is 1250. The number of rotatable bonds is 58.